The minimum absolute atomic E-state index is 0.389. The van der Waals surface area contributed by atoms with Crippen molar-refractivity contribution in [1.29, 1.82) is 0 Å². The Hall–Kier alpha value is -1.08. The zero-order chi connectivity index (χ0) is 49.8. The van der Waals surface area contributed by atoms with E-state index >= 15 is 0 Å². The van der Waals surface area contributed by atoms with E-state index in [-0.39, 0.29) is 0 Å². The van der Waals surface area contributed by atoms with E-state index in [0.717, 1.165) is 16.2 Å². The predicted octanol–water partition coefficient (Wildman–Crippen LogP) is 21.7. The number of nitrogens with zero attached hydrogens (tertiary/aromatic N) is 1. The third kappa shape index (κ3) is 18.2. The Kier molecular flexibility index (Phi) is 21.4. The Labute approximate surface area is 421 Å². The van der Waals surface area contributed by atoms with E-state index in [1.165, 1.54) is 206 Å². The molecule has 8 rings (SSSR count). The first-order valence-corrected chi connectivity index (χ1v) is 29.6. The molecule has 7 aliphatic carbocycles. The maximum atomic E-state index is 2.66. The molecule has 388 valence electrons. The van der Waals surface area contributed by atoms with Gasteiger partial charge in [-0.2, -0.15) is 0 Å². The van der Waals surface area contributed by atoms with Crippen molar-refractivity contribution in [2.75, 3.05) is 13.1 Å². The van der Waals surface area contributed by atoms with E-state index in [0.29, 0.717) is 32.6 Å². The zero-order valence-corrected chi connectivity index (χ0v) is 48.9. The van der Waals surface area contributed by atoms with Crippen molar-refractivity contribution in [3.8, 4) is 0 Å². The van der Waals surface area contributed by atoms with Gasteiger partial charge in [-0.25, -0.2) is 0 Å². The smallest absolute Gasteiger partial charge is 0.0125 e. The SMILES string of the molecule is CC(C)(C)C1=CCC2(CCC2)CC1.CC(C)(C)C1=CCC2(CCCCC2)CC1.CC(C)(C)C1=CCCCCC1.CC(C)(C)N1CCC2(CCCC2)CC1.CCC1(CC)CC=C(C(C)(C)C)CC1. The first-order valence-electron chi connectivity index (χ1n) is 29.6. The molecule has 0 atom stereocenters. The van der Waals surface area contributed by atoms with Crippen molar-refractivity contribution in [3.05, 3.63) is 46.6 Å². The van der Waals surface area contributed by atoms with Crippen LogP contribution in [0.15, 0.2) is 46.6 Å². The quantitative estimate of drug-likeness (QED) is 0.250. The van der Waals surface area contributed by atoms with E-state index in [9.17, 15) is 0 Å². The van der Waals surface area contributed by atoms with Crippen LogP contribution < -0.4 is 0 Å². The molecule has 8 aliphatic rings. The van der Waals surface area contributed by atoms with Crippen LogP contribution in [0.4, 0.5) is 0 Å². The normalized spacial score (nSPS) is 25.1. The molecule has 0 aromatic carbocycles. The molecule has 0 N–H and O–H groups in total. The van der Waals surface area contributed by atoms with Gasteiger partial charge in [0, 0.05) is 5.54 Å². The highest BCUT2D eigenvalue weighted by Crippen LogP contribution is 2.53. The standard InChI is InChI=1S/C15H26.C14H26.C13H25N.C13H22.C11H20/c1-14(2,3)13-7-11-15(12-8-13)9-5-4-6-10-15;1-6-14(7-2)10-8-12(9-11-14)13(3,4)5;1-12(2,3)14-10-8-13(9-11-14)6-4-5-7-13;1-12(2,3)11-5-9-13(10-6-11)7-4-8-13;1-11(2,3)10-8-6-4-5-7-9-10/h7H,4-6,8-12H2,1-3H3;8H,6-7,9-11H2,1-5H3;4-11H2,1-3H3;5H,4,6-10H2,1-3H3;8H,4-7,9H2,1-3H3. The van der Waals surface area contributed by atoms with Crippen LogP contribution in [-0.4, -0.2) is 23.5 Å². The van der Waals surface area contributed by atoms with E-state index in [2.05, 4.69) is 147 Å². The highest BCUT2D eigenvalue weighted by Gasteiger charge is 2.40. The second-order valence-electron chi connectivity index (χ2n) is 29.6. The Morgan fingerprint density at radius 2 is 0.731 bits per heavy atom. The van der Waals surface area contributed by atoms with Gasteiger partial charge in [-0.15, -0.1) is 0 Å². The summed E-state index contributed by atoms with van der Waals surface area (Å²) >= 11 is 0. The molecule has 1 heteroatoms. The summed E-state index contributed by atoms with van der Waals surface area (Å²) in [6, 6.07) is 0. The fourth-order valence-electron chi connectivity index (χ4n) is 13.6. The van der Waals surface area contributed by atoms with Crippen LogP contribution in [0, 0.1) is 43.3 Å². The third-order valence-corrected chi connectivity index (χ3v) is 19.8. The zero-order valence-electron chi connectivity index (χ0n) is 48.9. The van der Waals surface area contributed by atoms with Gasteiger partial charge in [0.15, 0.2) is 0 Å². The first-order chi connectivity index (χ1) is 31.1. The molecule has 1 heterocycles. The molecule has 1 nitrogen and oxygen atoms in total. The van der Waals surface area contributed by atoms with Crippen LogP contribution in [-0.2, 0) is 0 Å². The van der Waals surface area contributed by atoms with Crippen molar-refractivity contribution < 1.29 is 0 Å². The van der Waals surface area contributed by atoms with E-state index in [4.69, 9.17) is 0 Å². The fraction of sp³-hybridized carbons (Fsp3) is 0.879. The maximum Gasteiger partial charge on any atom is 0.0125 e. The lowest BCUT2D eigenvalue weighted by Gasteiger charge is -2.45. The van der Waals surface area contributed by atoms with Crippen LogP contribution in [0.5, 0.6) is 0 Å². The largest absolute Gasteiger partial charge is 0.298 e. The van der Waals surface area contributed by atoms with Gasteiger partial charge in [0.05, 0.1) is 0 Å². The lowest BCUT2D eigenvalue weighted by Crippen LogP contribution is -2.48. The summed E-state index contributed by atoms with van der Waals surface area (Å²) in [6.45, 7) is 42.5. The molecule has 0 bridgehead atoms. The molecule has 1 saturated heterocycles. The Balaban J connectivity index is 0.000000183. The van der Waals surface area contributed by atoms with E-state index in [1.807, 2.05) is 0 Å². The summed E-state index contributed by atoms with van der Waals surface area (Å²) in [4.78, 5) is 2.66. The van der Waals surface area contributed by atoms with Gasteiger partial charge in [0.1, 0.15) is 0 Å². The van der Waals surface area contributed by atoms with Crippen molar-refractivity contribution in [2.24, 2.45) is 43.3 Å². The monoisotopic (exact) mass is 926 g/mol. The summed E-state index contributed by atoms with van der Waals surface area (Å²) in [5.74, 6) is 0. The van der Waals surface area contributed by atoms with Gasteiger partial charge in [-0.3, -0.25) is 4.90 Å². The molecule has 0 aromatic rings. The van der Waals surface area contributed by atoms with Gasteiger partial charge in [-0.05, 0) is 212 Å². The number of hydrogen-bond acceptors (Lipinski definition) is 1. The molecular weight excluding hydrogens is 807 g/mol. The second-order valence-corrected chi connectivity index (χ2v) is 29.6. The van der Waals surface area contributed by atoms with Crippen molar-refractivity contribution >= 4 is 0 Å². The van der Waals surface area contributed by atoms with Crippen LogP contribution in [0.2, 0.25) is 0 Å². The Morgan fingerprint density at radius 3 is 1.07 bits per heavy atom. The predicted molar refractivity (Wildman–Crippen MR) is 301 cm³/mol. The molecular formula is C66H119N. The second kappa shape index (κ2) is 24.6. The minimum Gasteiger partial charge on any atom is -0.298 e. The van der Waals surface area contributed by atoms with Gasteiger partial charge in [0.25, 0.3) is 0 Å². The Morgan fingerprint density at radius 1 is 0.358 bits per heavy atom. The average Bonchev–Trinajstić information content (AvgIpc) is 3.51. The van der Waals surface area contributed by atoms with Gasteiger partial charge in [-0.1, -0.05) is 201 Å². The fourth-order valence-corrected chi connectivity index (χ4v) is 13.6. The topological polar surface area (TPSA) is 3.24 Å². The summed E-state index contributed by atoms with van der Waals surface area (Å²) in [7, 11) is 0. The molecule has 0 radical (unpaired) electrons. The van der Waals surface area contributed by atoms with E-state index < -0.39 is 0 Å². The van der Waals surface area contributed by atoms with Crippen LogP contribution in [0.1, 0.15) is 310 Å². The van der Waals surface area contributed by atoms with Crippen LogP contribution in [0.25, 0.3) is 0 Å². The number of allylic oxidation sites excluding steroid dienone is 8. The highest BCUT2D eigenvalue weighted by atomic mass is 15.2. The van der Waals surface area contributed by atoms with Crippen LogP contribution >= 0.6 is 0 Å². The van der Waals surface area contributed by atoms with Crippen LogP contribution in [0.3, 0.4) is 0 Å². The maximum absolute atomic E-state index is 2.66. The van der Waals surface area contributed by atoms with Gasteiger partial charge in [0.2, 0.25) is 0 Å². The summed E-state index contributed by atoms with van der Waals surface area (Å²) < 4.78 is 0. The molecule has 67 heavy (non-hydrogen) atoms. The highest BCUT2D eigenvalue weighted by molar-refractivity contribution is 5.19. The molecule has 3 saturated carbocycles. The summed E-state index contributed by atoms with van der Waals surface area (Å²) in [5, 5.41) is 0. The number of hydrogen-bond donors (Lipinski definition) is 0. The number of piperidine rings is 1. The molecule has 0 unspecified atom stereocenters. The molecule has 0 amide bonds. The molecule has 1 aliphatic heterocycles. The third-order valence-electron chi connectivity index (χ3n) is 19.8. The lowest BCUT2D eigenvalue weighted by molar-refractivity contribution is 0.0455. The van der Waals surface area contributed by atoms with Crippen molar-refractivity contribution in [3.63, 3.8) is 0 Å². The number of rotatable bonds is 2. The average molecular weight is 927 g/mol. The van der Waals surface area contributed by atoms with Gasteiger partial charge < -0.3 is 0 Å². The van der Waals surface area contributed by atoms with Gasteiger partial charge >= 0.3 is 0 Å². The molecule has 0 aromatic heterocycles. The summed E-state index contributed by atoms with van der Waals surface area (Å²) in [5.41, 5.74) is 11.7. The summed E-state index contributed by atoms with van der Waals surface area (Å²) in [6.07, 6.45) is 53.0. The first kappa shape index (κ1) is 58.5. The molecule has 4 fully saturated rings. The number of likely N-dealkylation sites (tertiary alicyclic amines) is 1. The minimum atomic E-state index is 0.389. The Bertz CT molecular complexity index is 1570. The van der Waals surface area contributed by atoms with Crippen molar-refractivity contribution in [2.45, 2.75) is 316 Å². The van der Waals surface area contributed by atoms with Crippen molar-refractivity contribution in [1.82, 2.24) is 4.90 Å². The lowest BCUT2D eigenvalue weighted by atomic mass is 9.60. The van der Waals surface area contributed by atoms with E-state index in [1.54, 1.807) is 22.3 Å². The molecule has 3 spiro atoms.